The summed E-state index contributed by atoms with van der Waals surface area (Å²) in [7, 11) is 1.20. The van der Waals surface area contributed by atoms with Crippen molar-refractivity contribution in [1.82, 2.24) is 10.6 Å². The third kappa shape index (κ3) is 5.90. The van der Waals surface area contributed by atoms with E-state index in [1.807, 2.05) is 6.92 Å². The predicted molar refractivity (Wildman–Crippen MR) is 54.3 cm³/mol. The molecule has 0 rings (SSSR count). The molecule has 0 radical (unpaired) electrons. The summed E-state index contributed by atoms with van der Waals surface area (Å²) in [5.41, 5.74) is 0. The molecule has 0 saturated heterocycles. The quantitative estimate of drug-likeness (QED) is 0.419. The number of rotatable bonds is 6. The first kappa shape index (κ1) is 13.7. The lowest BCUT2D eigenvalue weighted by atomic mass is 10.3. The van der Waals surface area contributed by atoms with Gasteiger partial charge in [-0.25, -0.2) is 9.59 Å². The van der Waals surface area contributed by atoms with Crippen molar-refractivity contribution in [1.29, 1.82) is 0 Å². The van der Waals surface area contributed by atoms with Gasteiger partial charge in [0.15, 0.2) is 6.04 Å². The number of carbonyl (C=O) groups excluding carboxylic acids is 2. The van der Waals surface area contributed by atoms with E-state index in [2.05, 4.69) is 15.4 Å². The van der Waals surface area contributed by atoms with E-state index in [0.717, 1.165) is 12.8 Å². The fourth-order valence-corrected chi connectivity index (χ4v) is 0.909. The highest BCUT2D eigenvalue weighted by Gasteiger charge is 2.19. The summed E-state index contributed by atoms with van der Waals surface area (Å²) in [6.07, 6.45) is 1.84. The van der Waals surface area contributed by atoms with Gasteiger partial charge in [-0.15, -0.1) is 0 Å². The Morgan fingerprint density at radius 2 is 2.13 bits per heavy atom. The van der Waals surface area contributed by atoms with E-state index in [1.54, 1.807) is 0 Å². The minimum absolute atomic E-state index is 0.478. The average Bonchev–Trinajstić information content (AvgIpc) is 2.25. The number of hydrogen-bond acceptors (Lipinski definition) is 4. The minimum atomic E-state index is -1.00. The van der Waals surface area contributed by atoms with Gasteiger partial charge in [-0.05, 0) is 6.42 Å². The van der Waals surface area contributed by atoms with Gasteiger partial charge >= 0.3 is 12.0 Å². The second-order valence-corrected chi connectivity index (χ2v) is 3.01. The minimum Gasteiger partial charge on any atom is -0.467 e. The lowest BCUT2D eigenvalue weighted by Crippen LogP contribution is -2.48. The lowest BCUT2D eigenvalue weighted by molar-refractivity contribution is -0.143. The van der Waals surface area contributed by atoms with Crippen LogP contribution in [0.4, 0.5) is 4.79 Å². The Morgan fingerprint density at radius 1 is 1.47 bits per heavy atom. The zero-order valence-corrected chi connectivity index (χ0v) is 9.08. The zero-order valence-electron chi connectivity index (χ0n) is 9.08. The zero-order chi connectivity index (χ0) is 11.7. The number of hydrogen-bond donors (Lipinski definition) is 3. The molecule has 0 aliphatic heterocycles. The molecule has 0 aliphatic carbocycles. The third-order valence-corrected chi connectivity index (χ3v) is 1.79. The predicted octanol–water partition coefficient (Wildman–Crippen LogP) is -0.380. The van der Waals surface area contributed by atoms with Crippen LogP contribution in [0.3, 0.4) is 0 Å². The first-order valence-corrected chi connectivity index (χ1v) is 4.88. The third-order valence-electron chi connectivity index (χ3n) is 1.79. The van der Waals surface area contributed by atoms with Crippen LogP contribution in [0.25, 0.3) is 0 Å². The van der Waals surface area contributed by atoms with Crippen molar-refractivity contribution in [2.24, 2.45) is 0 Å². The van der Waals surface area contributed by atoms with Gasteiger partial charge in [-0.3, -0.25) is 0 Å². The summed E-state index contributed by atoms with van der Waals surface area (Å²) < 4.78 is 4.39. The van der Waals surface area contributed by atoms with Crippen molar-refractivity contribution < 1.29 is 19.4 Å². The smallest absolute Gasteiger partial charge is 0.330 e. The summed E-state index contributed by atoms with van der Waals surface area (Å²) in [5.74, 6) is -0.664. The van der Waals surface area contributed by atoms with Crippen LogP contribution in [0.5, 0.6) is 0 Å². The second-order valence-electron chi connectivity index (χ2n) is 3.01. The summed E-state index contributed by atoms with van der Waals surface area (Å²) >= 11 is 0. The Balaban J connectivity index is 3.85. The first-order chi connectivity index (χ1) is 7.15. The van der Waals surface area contributed by atoms with Gasteiger partial charge in [0.05, 0.1) is 13.7 Å². The van der Waals surface area contributed by atoms with E-state index >= 15 is 0 Å². The topological polar surface area (TPSA) is 87.7 Å². The molecule has 1 unspecified atom stereocenters. The molecule has 0 saturated carbocycles. The van der Waals surface area contributed by atoms with Crippen LogP contribution in [-0.2, 0) is 9.53 Å². The Kier molecular flexibility index (Phi) is 7.35. The molecule has 0 aromatic carbocycles. The summed E-state index contributed by atoms with van der Waals surface area (Å²) in [6.45, 7) is 2.07. The van der Waals surface area contributed by atoms with Gasteiger partial charge in [-0.2, -0.15) is 0 Å². The number of nitrogens with one attached hydrogen (secondary N) is 2. The number of esters is 1. The molecule has 15 heavy (non-hydrogen) atoms. The van der Waals surface area contributed by atoms with Crippen molar-refractivity contribution >= 4 is 12.0 Å². The van der Waals surface area contributed by atoms with E-state index in [9.17, 15) is 9.59 Å². The molecule has 6 heteroatoms. The standard InChI is InChI=1S/C9H18N2O4/c1-3-4-5-10-9(14)11-7(6-12)8(13)15-2/h7,12H,3-6H2,1-2H3,(H2,10,11,14). The number of aliphatic hydroxyl groups excluding tert-OH is 1. The van der Waals surface area contributed by atoms with Crippen molar-refractivity contribution in [2.75, 3.05) is 20.3 Å². The molecule has 0 spiro atoms. The second kappa shape index (κ2) is 8.05. The van der Waals surface area contributed by atoms with E-state index in [1.165, 1.54) is 7.11 Å². The summed E-state index contributed by atoms with van der Waals surface area (Å²) in [5, 5.41) is 13.7. The van der Waals surface area contributed by atoms with E-state index in [-0.39, 0.29) is 0 Å². The van der Waals surface area contributed by atoms with Crippen molar-refractivity contribution in [2.45, 2.75) is 25.8 Å². The summed E-state index contributed by atoms with van der Waals surface area (Å²) in [6, 6.07) is -1.48. The van der Waals surface area contributed by atoms with Gasteiger partial charge in [0.2, 0.25) is 0 Å². The van der Waals surface area contributed by atoms with Crippen LogP contribution in [0, 0.1) is 0 Å². The number of amides is 2. The van der Waals surface area contributed by atoms with Crippen LogP contribution >= 0.6 is 0 Å². The molecule has 0 aliphatic rings. The van der Waals surface area contributed by atoms with Gasteiger partial charge in [0, 0.05) is 6.54 Å². The molecule has 0 bridgehead atoms. The Bertz CT molecular complexity index is 208. The molecule has 1 atom stereocenters. The molecule has 0 aromatic heterocycles. The molecular formula is C9H18N2O4. The molecule has 88 valence electrons. The fourth-order valence-electron chi connectivity index (χ4n) is 0.909. The van der Waals surface area contributed by atoms with Crippen molar-refractivity contribution in [3.8, 4) is 0 Å². The maximum absolute atomic E-state index is 11.2. The fraction of sp³-hybridized carbons (Fsp3) is 0.778. The number of carbonyl (C=O) groups is 2. The number of aliphatic hydroxyl groups is 1. The van der Waals surface area contributed by atoms with Crippen LogP contribution < -0.4 is 10.6 Å². The largest absolute Gasteiger partial charge is 0.467 e. The lowest BCUT2D eigenvalue weighted by Gasteiger charge is -2.14. The monoisotopic (exact) mass is 218 g/mol. The van der Waals surface area contributed by atoms with Gasteiger partial charge in [-0.1, -0.05) is 13.3 Å². The normalized spacial score (nSPS) is 11.7. The SMILES string of the molecule is CCCCNC(=O)NC(CO)C(=O)OC. The molecule has 6 nitrogen and oxygen atoms in total. The van der Waals surface area contributed by atoms with Crippen molar-refractivity contribution in [3.05, 3.63) is 0 Å². The molecule has 3 N–H and O–H groups in total. The number of unbranched alkanes of at least 4 members (excludes halogenated alkanes) is 1. The van der Waals surface area contributed by atoms with Gasteiger partial charge in [0.1, 0.15) is 0 Å². The highest BCUT2D eigenvalue weighted by molar-refractivity contribution is 5.83. The molecule has 0 fully saturated rings. The number of urea groups is 1. The number of methoxy groups -OCH3 is 1. The molecule has 0 aromatic rings. The maximum atomic E-state index is 11.2. The van der Waals surface area contributed by atoms with Gasteiger partial charge < -0.3 is 20.5 Å². The maximum Gasteiger partial charge on any atom is 0.330 e. The van der Waals surface area contributed by atoms with E-state index in [0.29, 0.717) is 6.54 Å². The van der Waals surface area contributed by atoms with Crippen LogP contribution in [0.15, 0.2) is 0 Å². The average molecular weight is 218 g/mol. The highest BCUT2D eigenvalue weighted by Crippen LogP contribution is 1.87. The molecule has 0 heterocycles. The Hall–Kier alpha value is -1.30. The number of ether oxygens (including phenoxy) is 1. The Morgan fingerprint density at radius 3 is 2.60 bits per heavy atom. The molecule has 2 amide bonds. The van der Waals surface area contributed by atoms with Crippen LogP contribution in [0.1, 0.15) is 19.8 Å². The highest BCUT2D eigenvalue weighted by atomic mass is 16.5. The van der Waals surface area contributed by atoms with E-state index < -0.39 is 24.6 Å². The van der Waals surface area contributed by atoms with E-state index in [4.69, 9.17) is 5.11 Å². The van der Waals surface area contributed by atoms with Crippen LogP contribution in [0.2, 0.25) is 0 Å². The van der Waals surface area contributed by atoms with Gasteiger partial charge in [0.25, 0.3) is 0 Å². The first-order valence-electron chi connectivity index (χ1n) is 4.88. The Labute approximate surface area is 89.0 Å². The molecular weight excluding hydrogens is 200 g/mol. The van der Waals surface area contributed by atoms with Crippen LogP contribution in [-0.4, -0.2) is 43.4 Å². The summed E-state index contributed by atoms with van der Waals surface area (Å²) in [4.78, 5) is 22.2. The van der Waals surface area contributed by atoms with Crippen molar-refractivity contribution in [3.63, 3.8) is 0 Å².